The second-order valence-corrected chi connectivity index (χ2v) is 9.35. The van der Waals surface area contributed by atoms with Gasteiger partial charge in [-0.1, -0.05) is 6.07 Å². The van der Waals surface area contributed by atoms with Crippen molar-refractivity contribution < 1.29 is 14.3 Å². The van der Waals surface area contributed by atoms with Crippen molar-refractivity contribution in [3.05, 3.63) is 77.0 Å². The van der Waals surface area contributed by atoms with E-state index in [4.69, 9.17) is 0 Å². The molecular weight excluding hydrogens is 445 g/mol. The van der Waals surface area contributed by atoms with Gasteiger partial charge >= 0.3 is 0 Å². The lowest BCUT2D eigenvalue weighted by Crippen LogP contribution is -2.57. The Kier molecular flexibility index (Phi) is 6.06. The van der Waals surface area contributed by atoms with Crippen molar-refractivity contribution in [3.8, 4) is 17.0 Å². The van der Waals surface area contributed by atoms with Crippen LogP contribution in [0.2, 0.25) is 0 Å². The standard InChI is InChI=1S/C27H28FN5O2/c1-16-14-33(17(2)13-32(16)15-19-6-4-5-9-29-19)27(35)22-11-24(21-8-7-20(34)10-23(21)28)31-25-12-30-18(3)26(22)25/h4-11,16-17,34H,12-15H2,1-3H3/t16-,17+/m1/s1. The SMILES string of the molecule is CC1=NCc2nc(-c3ccc(O)cc3F)cc(C(=O)N3C[C@@H](C)N(Cc4ccccn4)C[C@@H]3C)c21. The van der Waals surface area contributed by atoms with Crippen molar-refractivity contribution in [2.24, 2.45) is 4.99 Å². The molecule has 4 heterocycles. The maximum Gasteiger partial charge on any atom is 0.255 e. The van der Waals surface area contributed by atoms with Crippen molar-refractivity contribution >= 4 is 11.6 Å². The zero-order valence-electron chi connectivity index (χ0n) is 20.1. The summed E-state index contributed by atoms with van der Waals surface area (Å²) in [5.41, 5.74) is 4.29. The number of halogens is 1. The molecule has 2 atom stereocenters. The van der Waals surface area contributed by atoms with Gasteiger partial charge < -0.3 is 10.0 Å². The normalized spacial score (nSPS) is 20.0. The van der Waals surface area contributed by atoms with Crippen LogP contribution >= 0.6 is 0 Å². The molecule has 180 valence electrons. The fourth-order valence-corrected chi connectivity index (χ4v) is 4.96. The first-order valence-electron chi connectivity index (χ1n) is 11.8. The molecule has 1 aromatic carbocycles. The molecule has 3 aromatic rings. The van der Waals surface area contributed by atoms with Crippen LogP contribution in [0.15, 0.2) is 53.7 Å². The van der Waals surface area contributed by atoms with Crippen LogP contribution in [0.25, 0.3) is 11.3 Å². The molecule has 0 spiro atoms. The van der Waals surface area contributed by atoms with Gasteiger partial charge in [0.15, 0.2) is 0 Å². The van der Waals surface area contributed by atoms with E-state index in [0.29, 0.717) is 30.0 Å². The number of aromatic hydroxyl groups is 1. The fraction of sp³-hybridized carbons (Fsp3) is 0.333. The summed E-state index contributed by atoms with van der Waals surface area (Å²) < 4.78 is 14.7. The number of hydrogen-bond donors (Lipinski definition) is 1. The van der Waals surface area contributed by atoms with Crippen LogP contribution in [-0.4, -0.2) is 61.7 Å². The van der Waals surface area contributed by atoms with Gasteiger partial charge in [0, 0.05) is 60.8 Å². The summed E-state index contributed by atoms with van der Waals surface area (Å²) in [6.07, 6.45) is 1.80. The average Bonchev–Trinajstić information content (AvgIpc) is 3.21. The largest absolute Gasteiger partial charge is 0.508 e. The van der Waals surface area contributed by atoms with E-state index in [0.717, 1.165) is 36.1 Å². The number of fused-ring (bicyclic) bond motifs is 1. The molecule has 0 unspecified atom stereocenters. The molecule has 0 bridgehead atoms. The number of hydrogen-bond acceptors (Lipinski definition) is 6. The number of piperazine rings is 1. The minimum absolute atomic E-state index is 0.0151. The predicted octanol–water partition coefficient (Wildman–Crippen LogP) is 4.05. The molecule has 1 amide bonds. The molecule has 1 saturated heterocycles. The van der Waals surface area contributed by atoms with E-state index in [1.807, 2.05) is 30.0 Å². The summed E-state index contributed by atoms with van der Waals surface area (Å²) in [6, 6.07) is 11.7. The number of carbonyl (C=O) groups excluding carboxylic acids is 1. The van der Waals surface area contributed by atoms with Gasteiger partial charge in [0.25, 0.3) is 5.91 Å². The predicted molar refractivity (Wildman–Crippen MR) is 132 cm³/mol. The quantitative estimate of drug-likeness (QED) is 0.618. The van der Waals surface area contributed by atoms with Crippen LogP contribution in [0.5, 0.6) is 5.75 Å². The third-order valence-corrected chi connectivity index (χ3v) is 6.85. The smallest absolute Gasteiger partial charge is 0.255 e. The van der Waals surface area contributed by atoms with E-state index in [1.165, 1.54) is 12.1 Å². The summed E-state index contributed by atoms with van der Waals surface area (Å²) in [4.78, 5) is 31.7. The Labute approximate surface area is 204 Å². The Bertz CT molecular complexity index is 1310. The monoisotopic (exact) mass is 473 g/mol. The molecule has 7 nitrogen and oxygen atoms in total. The number of rotatable bonds is 4. The highest BCUT2D eigenvalue weighted by Crippen LogP contribution is 2.31. The van der Waals surface area contributed by atoms with Crippen LogP contribution in [0.3, 0.4) is 0 Å². The van der Waals surface area contributed by atoms with E-state index in [1.54, 1.807) is 12.3 Å². The van der Waals surface area contributed by atoms with E-state index < -0.39 is 5.82 Å². The Morgan fingerprint density at radius 2 is 1.97 bits per heavy atom. The number of phenols is 1. The molecule has 8 heteroatoms. The molecule has 1 N–H and O–H groups in total. The van der Waals surface area contributed by atoms with Gasteiger partial charge in [0.05, 0.1) is 29.2 Å². The highest BCUT2D eigenvalue weighted by atomic mass is 19.1. The van der Waals surface area contributed by atoms with Crippen LogP contribution in [0, 0.1) is 5.82 Å². The molecule has 2 aromatic heterocycles. The van der Waals surface area contributed by atoms with Gasteiger partial charge in [-0.2, -0.15) is 0 Å². The maximum atomic E-state index is 14.7. The van der Waals surface area contributed by atoms with E-state index in [2.05, 4.69) is 33.7 Å². The first kappa shape index (κ1) is 23.1. The zero-order chi connectivity index (χ0) is 24.7. The van der Waals surface area contributed by atoms with Crippen molar-refractivity contribution in [1.29, 1.82) is 0 Å². The lowest BCUT2D eigenvalue weighted by atomic mass is 9.97. The Morgan fingerprint density at radius 3 is 2.71 bits per heavy atom. The fourth-order valence-electron chi connectivity index (χ4n) is 4.96. The van der Waals surface area contributed by atoms with Gasteiger partial charge in [-0.05, 0) is 51.1 Å². The molecule has 0 saturated carbocycles. The van der Waals surface area contributed by atoms with E-state index >= 15 is 0 Å². The van der Waals surface area contributed by atoms with E-state index in [9.17, 15) is 14.3 Å². The highest BCUT2D eigenvalue weighted by Gasteiger charge is 2.35. The second kappa shape index (κ2) is 9.19. The lowest BCUT2D eigenvalue weighted by molar-refractivity contribution is 0.0286. The first-order chi connectivity index (χ1) is 16.8. The van der Waals surface area contributed by atoms with Crippen LogP contribution in [0.4, 0.5) is 4.39 Å². The molecule has 2 aliphatic heterocycles. The number of aromatic nitrogens is 2. The molecule has 0 radical (unpaired) electrons. The van der Waals surface area contributed by atoms with E-state index in [-0.39, 0.29) is 29.3 Å². The minimum atomic E-state index is -0.586. The number of nitrogens with zero attached hydrogens (tertiary/aromatic N) is 5. The first-order valence-corrected chi connectivity index (χ1v) is 11.8. The summed E-state index contributed by atoms with van der Waals surface area (Å²) in [6.45, 7) is 8.44. The van der Waals surface area contributed by atoms with Crippen molar-refractivity contribution in [3.63, 3.8) is 0 Å². The highest BCUT2D eigenvalue weighted by molar-refractivity contribution is 6.11. The van der Waals surface area contributed by atoms with Crippen molar-refractivity contribution in [1.82, 2.24) is 19.8 Å². The number of carbonyl (C=O) groups is 1. The average molecular weight is 474 g/mol. The molecule has 5 rings (SSSR count). The Balaban J connectivity index is 1.46. The van der Waals surface area contributed by atoms with Crippen LogP contribution in [-0.2, 0) is 13.1 Å². The van der Waals surface area contributed by atoms with Gasteiger partial charge in [0.2, 0.25) is 0 Å². The number of phenolic OH excluding ortho intramolecular Hbond substituents is 1. The topological polar surface area (TPSA) is 81.9 Å². The maximum absolute atomic E-state index is 14.7. The van der Waals surface area contributed by atoms with Gasteiger partial charge in [-0.3, -0.25) is 19.7 Å². The third-order valence-electron chi connectivity index (χ3n) is 6.85. The Hall–Kier alpha value is -3.65. The molecule has 1 fully saturated rings. The second-order valence-electron chi connectivity index (χ2n) is 9.35. The number of aliphatic imine (C=N–C) groups is 1. The van der Waals surface area contributed by atoms with Crippen molar-refractivity contribution in [2.45, 2.75) is 45.9 Å². The number of benzene rings is 1. The molecule has 0 aliphatic carbocycles. The van der Waals surface area contributed by atoms with Crippen LogP contribution < -0.4 is 0 Å². The van der Waals surface area contributed by atoms with Gasteiger partial charge in [-0.15, -0.1) is 0 Å². The number of pyridine rings is 2. The zero-order valence-corrected chi connectivity index (χ0v) is 20.1. The van der Waals surface area contributed by atoms with Crippen molar-refractivity contribution in [2.75, 3.05) is 13.1 Å². The van der Waals surface area contributed by atoms with Crippen LogP contribution in [0.1, 0.15) is 48.1 Å². The molecule has 2 aliphatic rings. The summed E-state index contributed by atoms with van der Waals surface area (Å²) in [5, 5.41) is 9.61. The lowest BCUT2D eigenvalue weighted by Gasteiger charge is -2.44. The Morgan fingerprint density at radius 1 is 1.14 bits per heavy atom. The number of amides is 1. The van der Waals surface area contributed by atoms with Gasteiger partial charge in [-0.25, -0.2) is 9.37 Å². The summed E-state index contributed by atoms with van der Waals surface area (Å²) >= 11 is 0. The molecular formula is C27H28FN5O2. The summed E-state index contributed by atoms with van der Waals surface area (Å²) in [7, 11) is 0. The minimum Gasteiger partial charge on any atom is -0.508 e. The van der Waals surface area contributed by atoms with Gasteiger partial charge in [0.1, 0.15) is 11.6 Å². The summed E-state index contributed by atoms with van der Waals surface area (Å²) in [5.74, 6) is -0.844. The molecule has 35 heavy (non-hydrogen) atoms. The third kappa shape index (κ3) is 4.41.